The third-order valence-corrected chi connectivity index (χ3v) is 5.92. The first-order chi connectivity index (χ1) is 13.1. The third kappa shape index (κ3) is 2.88. The van der Waals surface area contributed by atoms with Gasteiger partial charge in [0.05, 0.1) is 11.5 Å². The number of rotatable bonds is 3. The lowest BCUT2D eigenvalue weighted by Crippen LogP contribution is -2.25. The molecule has 0 atom stereocenters. The Bertz CT molecular complexity index is 1030. The number of amides is 1. The number of thiophene rings is 1. The number of aryl methyl sites for hydroxylation is 1. The second kappa shape index (κ2) is 6.90. The van der Waals surface area contributed by atoms with Crippen LogP contribution in [-0.2, 0) is 11.2 Å². The molecular weight excluding hydrogens is 356 g/mol. The lowest BCUT2D eigenvalue weighted by atomic mass is 9.87. The molecule has 1 amide bonds. The largest absolute Gasteiger partial charge is 0.457 e. The summed E-state index contributed by atoms with van der Waals surface area (Å²) in [7, 11) is 0. The molecule has 0 bridgehead atoms. The highest BCUT2D eigenvalue weighted by Gasteiger charge is 2.33. The fraction of sp³-hybridized carbons (Fsp3) is 0.182. The predicted molar refractivity (Wildman–Crippen MR) is 107 cm³/mol. The van der Waals surface area contributed by atoms with Gasteiger partial charge >= 0.3 is 0 Å². The maximum absolute atomic E-state index is 13.3. The Morgan fingerprint density at radius 2 is 1.74 bits per heavy atom. The van der Waals surface area contributed by atoms with Crippen LogP contribution in [0.4, 0.5) is 5.00 Å². The van der Waals surface area contributed by atoms with Crippen LogP contribution in [0.5, 0.6) is 11.5 Å². The minimum Gasteiger partial charge on any atom is -0.457 e. The molecule has 4 nitrogen and oxygen atoms in total. The second-order valence-corrected chi connectivity index (χ2v) is 7.63. The van der Waals surface area contributed by atoms with E-state index in [-0.39, 0.29) is 5.91 Å². The SMILES string of the molecule is CCc1c(C)sc(NC(=O)C2c3ccccc3Oc3ccccc32)c1C#N. The molecule has 27 heavy (non-hydrogen) atoms. The molecule has 2 heterocycles. The Morgan fingerprint density at radius 1 is 1.15 bits per heavy atom. The van der Waals surface area contributed by atoms with Crippen molar-refractivity contribution in [2.75, 3.05) is 5.32 Å². The number of nitrogens with one attached hydrogen (secondary N) is 1. The zero-order valence-corrected chi connectivity index (χ0v) is 15.9. The van der Waals surface area contributed by atoms with Gasteiger partial charge in [0.2, 0.25) is 5.91 Å². The van der Waals surface area contributed by atoms with Crippen molar-refractivity contribution in [3.63, 3.8) is 0 Å². The van der Waals surface area contributed by atoms with Crippen molar-refractivity contribution >= 4 is 22.2 Å². The van der Waals surface area contributed by atoms with Crippen molar-refractivity contribution in [1.29, 1.82) is 5.26 Å². The van der Waals surface area contributed by atoms with Gasteiger partial charge in [-0.1, -0.05) is 43.3 Å². The minimum absolute atomic E-state index is 0.154. The molecule has 0 unspecified atom stereocenters. The lowest BCUT2D eigenvalue weighted by Gasteiger charge is -2.27. The van der Waals surface area contributed by atoms with Gasteiger partial charge in [0, 0.05) is 16.0 Å². The van der Waals surface area contributed by atoms with Gasteiger partial charge in [0.25, 0.3) is 0 Å². The smallest absolute Gasteiger partial charge is 0.237 e. The van der Waals surface area contributed by atoms with E-state index in [0.29, 0.717) is 22.1 Å². The summed E-state index contributed by atoms with van der Waals surface area (Å²) < 4.78 is 5.96. The molecule has 1 N–H and O–H groups in total. The maximum Gasteiger partial charge on any atom is 0.237 e. The molecule has 1 aliphatic heterocycles. The third-order valence-electron chi connectivity index (χ3n) is 4.85. The average molecular weight is 374 g/mol. The highest BCUT2D eigenvalue weighted by molar-refractivity contribution is 7.16. The van der Waals surface area contributed by atoms with Crippen LogP contribution < -0.4 is 10.1 Å². The lowest BCUT2D eigenvalue weighted by molar-refractivity contribution is -0.116. The highest BCUT2D eigenvalue weighted by Crippen LogP contribution is 2.44. The maximum atomic E-state index is 13.3. The van der Waals surface area contributed by atoms with E-state index in [4.69, 9.17) is 4.74 Å². The van der Waals surface area contributed by atoms with E-state index in [9.17, 15) is 10.1 Å². The summed E-state index contributed by atoms with van der Waals surface area (Å²) in [6.07, 6.45) is 0.768. The van der Waals surface area contributed by atoms with E-state index in [2.05, 4.69) is 11.4 Å². The van der Waals surface area contributed by atoms with Gasteiger partial charge in [-0.25, -0.2) is 0 Å². The summed E-state index contributed by atoms with van der Waals surface area (Å²) in [4.78, 5) is 14.4. The molecule has 0 aliphatic carbocycles. The Hall–Kier alpha value is -3.10. The summed E-state index contributed by atoms with van der Waals surface area (Å²) in [6, 6.07) is 17.4. The van der Waals surface area contributed by atoms with E-state index in [1.165, 1.54) is 11.3 Å². The molecule has 1 aliphatic rings. The van der Waals surface area contributed by atoms with Gasteiger partial charge in [-0.05, 0) is 31.0 Å². The Balaban J connectivity index is 1.76. The van der Waals surface area contributed by atoms with Gasteiger partial charge in [-0.15, -0.1) is 11.3 Å². The van der Waals surface area contributed by atoms with Crippen LogP contribution >= 0.6 is 11.3 Å². The van der Waals surface area contributed by atoms with Gasteiger partial charge in [0.1, 0.15) is 22.6 Å². The van der Waals surface area contributed by atoms with Gasteiger partial charge in [-0.3, -0.25) is 4.79 Å². The number of carbonyl (C=O) groups excluding carboxylic acids is 1. The van der Waals surface area contributed by atoms with Crippen LogP contribution in [0.3, 0.4) is 0 Å². The number of para-hydroxylation sites is 2. The Morgan fingerprint density at radius 3 is 2.30 bits per heavy atom. The summed E-state index contributed by atoms with van der Waals surface area (Å²) in [5, 5.41) is 13.2. The summed E-state index contributed by atoms with van der Waals surface area (Å²) in [5.41, 5.74) is 3.24. The number of carbonyl (C=O) groups is 1. The quantitative estimate of drug-likeness (QED) is 0.671. The Labute approximate surface area is 162 Å². The Kier molecular flexibility index (Phi) is 4.43. The van der Waals surface area contributed by atoms with Crippen LogP contribution in [0, 0.1) is 18.3 Å². The number of benzene rings is 2. The molecule has 2 aromatic carbocycles. The number of nitrogens with zero attached hydrogens (tertiary/aromatic N) is 1. The van der Waals surface area contributed by atoms with Crippen molar-refractivity contribution in [3.8, 4) is 17.6 Å². The normalized spacial score (nSPS) is 12.5. The van der Waals surface area contributed by atoms with Crippen molar-refractivity contribution in [1.82, 2.24) is 0 Å². The standard InChI is InChI=1S/C22H18N2O2S/c1-3-14-13(2)27-22(17(14)12-23)24-21(25)20-15-8-4-6-10-18(15)26-19-11-7-5-9-16(19)20/h4-11,20H,3H2,1-2H3,(H,24,25). The van der Waals surface area contributed by atoms with Crippen molar-refractivity contribution in [3.05, 3.63) is 75.7 Å². The van der Waals surface area contributed by atoms with Gasteiger partial charge in [0.15, 0.2) is 0 Å². The highest BCUT2D eigenvalue weighted by atomic mass is 32.1. The zero-order valence-electron chi connectivity index (χ0n) is 15.1. The number of fused-ring (bicyclic) bond motifs is 2. The summed E-state index contributed by atoms with van der Waals surface area (Å²) in [6.45, 7) is 4.01. The fourth-order valence-corrected chi connectivity index (χ4v) is 4.69. The minimum atomic E-state index is -0.481. The van der Waals surface area contributed by atoms with Crippen molar-refractivity contribution in [2.45, 2.75) is 26.2 Å². The molecule has 0 spiro atoms. The van der Waals surface area contributed by atoms with E-state index in [0.717, 1.165) is 28.0 Å². The number of anilines is 1. The van der Waals surface area contributed by atoms with E-state index in [1.807, 2.05) is 62.4 Å². The average Bonchev–Trinajstić information content (AvgIpc) is 2.99. The molecule has 3 aromatic rings. The molecule has 0 radical (unpaired) electrons. The van der Waals surface area contributed by atoms with E-state index >= 15 is 0 Å². The van der Waals surface area contributed by atoms with Crippen LogP contribution in [0.2, 0.25) is 0 Å². The second-order valence-electron chi connectivity index (χ2n) is 6.41. The molecule has 0 saturated heterocycles. The molecule has 0 fully saturated rings. The number of hydrogen-bond donors (Lipinski definition) is 1. The van der Waals surface area contributed by atoms with Crippen LogP contribution in [0.25, 0.3) is 0 Å². The molecule has 4 rings (SSSR count). The van der Waals surface area contributed by atoms with Gasteiger partial charge in [-0.2, -0.15) is 5.26 Å². The zero-order chi connectivity index (χ0) is 19.0. The van der Waals surface area contributed by atoms with Crippen molar-refractivity contribution in [2.24, 2.45) is 0 Å². The molecule has 1 aromatic heterocycles. The van der Waals surface area contributed by atoms with Crippen molar-refractivity contribution < 1.29 is 9.53 Å². The van der Waals surface area contributed by atoms with Gasteiger partial charge < -0.3 is 10.1 Å². The summed E-state index contributed by atoms with van der Waals surface area (Å²) >= 11 is 1.46. The fourth-order valence-electron chi connectivity index (χ4n) is 3.59. The van der Waals surface area contributed by atoms with E-state index < -0.39 is 5.92 Å². The number of nitriles is 1. The van der Waals surface area contributed by atoms with Crippen LogP contribution in [0.1, 0.15) is 40.0 Å². The monoisotopic (exact) mass is 374 g/mol. The molecule has 5 heteroatoms. The molecular formula is C22H18N2O2S. The summed E-state index contributed by atoms with van der Waals surface area (Å²) in [5.74, 6) is 0.741. The van der Waals surface area contributed by atoms with Crippen LogP contribution in [0.15, 0.2) is 48.5 Å². The van der Waals surface area contributed by atoms with Crippen LogP contribution in [-0.4, -0.2) is 5.91 Å². The molecule has 0 saturated carbocycles. The first-order valence-corrected chi connectivity index (χ1v) is 9.64. The predicted octanol–water partition coefficient (Wildman–Crippen LogP) is 5.37. The first kappa shape index (κ1) is 17.3. The molecule has 134 valence electrons. The number of ether oxygens (including phenoxy) is 1. The topological polar surface area (TPSA) is 62.1 Å². The first-order valence-electron chi connectivity index (χ1n) is 8.83. The van der Waals surface area contributed by atoms with E-state index in [1.54, 1.807) is 0 Å². The number of hydrogen-bond acceptors (Lipinski definition) is 4.